The maximum Gasteiger partial charge on any atom is 0.257 e. The van der Waals surface area contributed by atoms with E-state index in [0.717, 1.165) is 18.4 Å². The molecule has 1 aromatic carbocycles. The van der Waals surface area contributed by atoms with E-state index in [2.05, 4.69) is 5.32 Å². The molecule has 0 bridgehead atoms. The van der Waals surface area contributed by atoms with Gasteiger partial charge in [0, 0.05) is 6.54 Å². The highest BCUT2D eigenvalue weighted by atomic mass is 16.5. The number of hydrogen-bond donors (Lipinski definition) is 2. The standard InChI is InChI=1S/C13H20N2O2/c1-2-8-15-13(16)10-17-12-5-3-4-11(9-12)6-7-14/h3-5,9H,2,6-8,10,14H2,1H3,(H,15,16). The van der Waals surface area contributed by atoms with E-state index in [9.17, 15) is 4.79 Å². The first kappa shape index (κ1) is 13.5. The lowest BCUT2D eigenvalue weighted by Crippen LogP contribution is -2.29. The highest BCUT2D eigenvalue weighted by molar-refractivity contribution is 5.77. The summed E-state index contributed by atoms with van der Waals surface area (Å²) >= 11 is 0. The lowest BCUT2D eigenvalue weighted by molar-refractivity contribution is -0.123. The van der Waals surface area contributed by atoms with Crippen LogP contribution in [0.4, 0.5) is 0 Å². The van der Waals surface area contributed by atoms with Crippen LogP contribution in [0, 0.1) is 0 Å². The Kier molecular flexibility index (Phi) is 6.10. The smallest absolute Gasteiger partial charge is 0.257 e. The van der Waals surface area contributed by atoms with Gasteiger partial charge >= 0.3 is 0 Å². The number of hydrogen-bond acceptors (Lipinski definition) is 3. The molecule has 17 heavy (non-hydrogen) atoms. The molecule has 0 aliphatic carbocycles. The lowest BCUT2D eigenvalue weighted by atomic mass is 10.1. The maximum absolute atomic E-state index is 11.3. The number of benzene rings is 1. The number of rotatable bonds is 7. The zero-order chi connectivity index (χ0) is 12.5. The van der Waals surface area contributed by atoms with Gasteiger partial charge in [-0.3, -0.25) is 4.79 Å². The van der Waals surface area contributed by atoms with Gasteiger partial charge in [0.15, 0.2) is 6.61 Å². The van der Waals surface area contributed by atoms with Crippen LogP contribution in [0.1, 0.15) is 18.9 Å². The zero-order valence-electron chi connectivity index (χ0n) is 10.2. The summed E-state index contributed by atoms with van der Waals surface area (Å²) in [6.07, 6.45) is 1.75. The number of carbonyl (C=O) groups excluding carboxylic acids is 1. The molecule has 0 atom stereocenters. The molecule has 0 aliphatic heterocycles. The van der Waals surface area contributed by atoms with Crippen LogP contribution in [0.5, 0.6) is 5.75 Å². The molecule has 94 valence electrons. The van der Waals surface area contributed by atoms with E-state index in [0.29, 0.717) is 18.8 Å². The van der Waals surface area contributed by atoms with Crippen LogP contribution in [0.25, 0.3) is 0 Å². The van der Waals surface area contributed by atoms with E-state index in [1.165, 1.54) is 0 Å². The molecule has 0 heterocycles. The predicted molar refractivity (Wildman–Crippen MR) is 68.0 cm³/mol. The molecule has 3 N–H and O–H groups in total. The first-order valence-corrected chi connectivity index (χ1v) is 5.94. The monoisotopic (exact) mass is 236 g/mol. The third-order valence-electron chi connectivity index (χ3n) is 2.27. The third-order valence-corrected chi connectivity index (χ3v) is 2.27. The molecule has 0 saturated heterocycles. The Bertz CT molecular complexity index is 353. The van der Waals surface area contributed by atoms with Gasteiger partial charge in [-0.15, -0.1) is 0 Å². The average molecular weight is 236 g/mol. The molecule has 1 amide bonds. The first-order valence-electron chi connectivity index (χ1n) is 5.94. The highest BCUT2D eigenvalue weighted by Gasteiger charge is 2.02. The summed E-state index contributed by atoms with van der Waals surface area (Å²) in [5, 5.41) is 2.76. The second-order valence-corrected chi connectivity index (χ2v) is 3.82. The molecule has 1 rings (SSSR count). The van der Waals surface area contributed by atoms with Crippen LogP contribution in [-0.2, 0) is 11.2 Å². The molecule has 0 saturated carbocycles. The fourth-order valence-corrected chi connectivity index (χ4v) is 1.42. The van der Waals surface area contributed by atoms with Crippen LogP contribution < -0.4 is 15.8 Å². The Morgan fingerprint density at radius 1 is 1.47 bits per heavy atom. The van der Waals surface area contributed by atoms with Crippen molar-refractivity contribution in [3.8, 4) is 5.75 Å². The number of amides is 1. The van der Waals surface area contributed by atoms with Crippen molar-refractivity contribution in [3.63, 3.8) is 0 Å². The van der Waals surface area contributed by atoms with Gasteiger partial charge in [-0.05, 0) is 37.1 Å². The molecule has 0 aromatic heterocycles. The van der Waals surface area contributed by atoms with Crippen molar-refractivity contribution in [1.82, 2.24) is 5.32 Å². The van der Waals surface area contributed by atoms with Gasteiger partial charge in [-0.25, -0.2) is 0 Å². The quantitative estimate of drug-likeness (QED) is 0.745. The molecular weight excluding hydrogens is 216 g/mol. The largest absolute Gasteiger partial charge is 0.484 e. The van der Waals surface area contributed by atoms with Crippen molar-refractivity contribution in [1.29, 1.82) is 0 Å². The zero-order valence-corrected chi connectivity index (χ0v) is 10.2. The second kappa shape index (κ2) is 7.68. The van der Waals surface area contributed by atoms with Crippen molar-refractivity contribution in [2.24, 2.45) is 5.73 Å². The summed E-state index contributed by atoms with van der Waals surface area (Å²) in [4.78, 5) is 11.3. The van der Waals surface area contributed by atoms with Gasteiger partial charge in [0.05, 0.1) is 0 Å². The molecule has 0 radical (unpaired) electrons. The van der Waals surface area contributed by atoms with Crippen molar-refractivity contribution in [2.45, 2.75) is 19.8 Å². The second-order valence-electron chi connectivity index (χ2n) is 3.82. The van der Waals surface area contributed by atoms with Crippen molar-refractivity contribution >= 4 is 5.91 Å². The summed E-state index contributed by atoms with van der Waals surface area (Å²) < 4.78 is 5.40. The number of nitrogens with two attached hydrogens (primary N) is 1. The average Bonchev–Trinajstić information content (AvgIpc) is 2.35. The van der Waals surface area contributed by atoms with E-state index in [1.807, 2.05) is 31.2 Å². The van der Waals surface area contributed by atoms with E-state index in [1.54, 1.807) is 0 Å². The van der Waals surface area contributed by atoms with Gasteiger partial charge in [-0.2, -0.15) is 0 Å². The summed E-state index contributed by atoms with van der Waals surface area (Å²) in [6, 6.07) is 7.66. The van der Waals surface area contributed by atoms with E-state index >= 15 is 0 Å². The van der Waals surface area contributed by atoms with Crippen LogP contribution in [0.2, 0.25) is 0 Å². The van der Waals surface area contributed by atoms with Crippen LogP contribution in [-0.4, -0.2) is 25.6 Å². The Morgan fingerprint density at radius 2 is 2.29 bits per heavy atom. The minimum Gasteiger partial charge on any atom is -0.484 e. The maximum atomic E-state index is 11.3. The number of nitrogens with one attached hydrogen (secondary N) is 1. The van der Waals surface area contributed by atoms with E-state index < -0.39 is 0 Å². The predicted octanol–water partition coefficient (Wildman–Crippen LogP) is 1.09. The van der Waals surface area contributed by atoms with Crippen LogP contribution in [0.15, 0.2) is 24.3 Å². The topological polar surface area (TPSA) is 64.3 Å². The molecule has 0 unspecified atom stereocenters. The minimum absolute atomic E-state index is 0.0616. The fourth-order valence-electron chi connectivity index (χ4n) is 1.42. The molecule has 0 spiro atoms. The molecule has 0 aliphatic rings. The fraction of sp³-hybridized carbons (Fsp3) is 0.462. The van der Waals surface area contributed by atoms with E-state index in [-0.39, 0.29) is 12.5 Å². The van der Waals surface area contributed by atoms with Crippen molar-refractivity contribution in [2.75, 3.05) is 19.7 Å². The third kappa shape index (κ3) is 5.36. The molecule has 1 aromatic rings. The molecule has 4 heteroatoms. The van der Waals surface area contributed by atoms with E-state index in [4.69, 9.17) is 10.5 Å². The molecular formula is C13H20N2O2. The summed E-state index contributed by atoms with van der Waals surface area (Å²) in [5.41, 5.74) is 6.61. The summed E-state index contributed by atoms with van der Waals surface area (Å²) in [7, 11) is 0. The Labute approximate surface area is 102 Å². The molecule has 4 nitrogen and oxygen atoms in total. The Balaban J connectivity index is 2.40. The normalized spacial score (nSPS) is 10.0. The van der Waals surface area contributed by atoms with Gasteiger partial charge < -0.3 is 15.8 Å². The van der Waals surface area contributed by atoms with Gasteiger partial charge in [0.1, 0.15) is 5.75 Å². The summed E-state index contributed by atoms with van der Waals surface area (Å²) in [5.74, 6) is 0.624. The van der Waals surface area contributed by atoms with Crippen LogP contribution in [0.3, 0.4) is 0 Å². The van der Waals surface area contributed by atoms with Crippen molar-refractivity contribution < 1.29 is 9.53 Å². The first-order chi connectivity index (χ1) is 8.26. The van der Waals surface area contributed by atoms with Crippen LogP contribution >= 0.6 is 0 Å². The SMILES string of the molecule is CCCNC(=O)COc1cccc(CCN)c1. The molecule has 0 fully saturated rings. The highest BCUT2D eigenvalue weighted by Crippen LogP contribution is 2.13. The van der Waals surface area contributed by atoms with Gasteiger partial charge in [0.25, 0.3) is 5.91 Å². The minimum atomic E-state index is -0.0870. The van der Waals surface area contributed by atoms with Gasteiger partial charge in [0.2, 0.25) is 0 Å². The number of ether oxygens (including phenoxy) is 1. The lowest BCUT2D eigenvalue weighted by Gasteiger charge is -2.08. The number of carbonyl (C=O) groups is 1. The van der Waals surface area contributed by atoms with Crippen molar-refractivity contribution in [3.05, 3.63) is 29.8 Å². The summed E-state index contributed by atoms with van der Waals surface area (Å²) in [6.45, 7) is 3.37. The Hall–Kier alpha value is -1.55. The van der Waals surface area contributed by atoms with Gasteiger partial charge in [-0.1, -0.05) is 19.1 Å². The Morgan fingerprint density at radius 3 is 3.00 bits per heavy atom.